The maximum Gasteiger partial charge on any atom is 0.224 e. The maximum absolute atomic E-state index is 12.4. The van der Waals surface area contributed by atoms with E-state index in [9.17, 15) is 4.79 Å². The van der Waals surface area contributed by atoms with E-state index < -0.39 is 0 Å². The number of hydrogen-bond acceptors (Lipinski definition) is 3. The number of carbonyl (C=O) groups excluding carboxylic acids is 1. The SMILES string of the molecule is COc1ccc2c(c1)CCCN(c1cc(C)c(NC(=O)CC(C)(C)C)c(C)c1)C2. The summed E-state index contributed by atoms with van der Waals surface area (Å²) >= 11 is 0. The Balaban J connectivity index is 1.81. The fraction of sp³-hybridized carbons (Fsp3) is 0.480. The van der Waals surface area contributed by atoms with Gasteiger partial charge in [-0.05, 0) is 78.6 Å². The molecule has 0 bridgehead atoms. The van der Waals surface area contributed by atoms with E-state index in [4.69, 9.17) is 4.74 Å². The van der Waals surface area contributed by atoms with Gasteiger partial charge < -0.3 is 15.0 Å². The number of nitrogens with one attached hydrogen (secondary N) is 1. The summed E-state index contributed by atoms with van der Waals surface area (Å²) in [6.45, 7) is 12.3. The highest BCUT2D eigenvalue weighted by Crippen LogP contribution is 2.31. The van der Waals surface area contributed by atoms with E-state index in [1.165, 1.54) is 16.8 Å². The van der Waals surface area contributed by atoms with Gasteiger partial charge in [-0.15, -0.1) is 0 Å². The van der Waals surface area contributed by atoms with Gasteiger partial charge in [0, 0.05) is 30.9 Å². The number of rotatable bonds is 4. The van der Waals surface area contributed by atoms with E-state index >= 15 is 0 Å². The summed E-state index contributed by atoms with van der Waals surface area (Å²) < 4.78 is 5.39. The van der Waals surface area contributed by atoms with Gasteiger partial charge in [0.25, 0.3) is 0 Å². The van der Waals surface area contributed by atoms with Gasteiger partial charge in [-0.25, -0.2) is 0 Å². The molecule has 0 radical (unpaired) electrons. The van der Waals surface area contributed by atoms with Crippen molar-refractivity contribution in [3.8, 4) is 5.75 Å². The molecule has 1 amide bonds. The molecule has 0 atom stereocenters. The van der Waals surface area contributed by atoms with Crippen LogP contribution in [0, 0.1) is 19.3 Å². The zero-order chi connectivity index (χ0) is 21.2. The largest absolute Gasteiger partial charge is 0.497 e. The van der Waals surface area contributed by atoms with Gasteiger partial charge in [-0.2, -0.15) is 0 Å². The number of nitrogens with zero attached hydrogens (tertiary/aromatic N) is 1. The summed E-state index contributed by atoms with van der Waals surface area (Å²) in [4.78, 5) is 14.9. The average Bonchev–Trinajstić information content (AvgIpc) is 2.84. The molecule has 29 heavy (non-hydrogen) atoms. The van der Waals surface area contributed by atoms with Crippen LogP contribution < -0.4 is 15.0 Å². The number of methoxy groups -OCH3 is 1. The monoisotopic (exact) mass is 394 g/mol. The highest BCUT2D eigenvalue weighted by atomic mass is 16.5. The Morgan fingerprint density at radius 3 is 2.41 bits per heavy atom. The fourth-order valence-electron chi connectivity index (χ4n) is 4.07. The minimum atomic E-state index is -0.0199. The molecule has 0 saturated heterocycles. The molecule has 2 aromatic carbocycles. The topological polar surface area (TPSA) is 41.6 Å². The van der Waals surface area contributed by atoms with Crippen LogP contribution in [0.3, 0.4) is 0 Å². The molecule has 0 saturated carbocycles. The summed E-state index contributed by atoms with van der Waals surface area (Å²) in [5.41, 5.74) is 7.12. The maximum atomic E-state index is 12.4. The summed E-state index contributed by atoms with van der Waals surface area (Å²) in [6.07, 6.45) is 2.70. The summed E-state index contributed by atoms with van der Waals surface area (Å²) in [5.74, 6) is 1.01. The predicted octanol–water partition coefficient (Wildman–Crippen LogP) is 5.64. The Bertz CT molecular complexity index is 873. The first-order chi connectivity index (χ1) is 13.7. The normalized spacial score (nSPS) is 14.2. The quantitative estimate of drug-likeness (QED) is 0.730. The minimum Gasteiger partial charge on any atom is -0.497 e. The first-order valence-corrected chi connectivity index (χ1v) is 10.5. The van der Waals surface area contributed by atoms with E-state index in [0.717, 1.165) is 48.5 Å². The smallest absolute Gasteiger partial charge is 0.224 e. The lowest BCUT2D eigenvalue weighted by molar-refractivity contribution is -0.117. The van der Waals surface area contributed by atoms with Crippen LogP contribution in [0.2, 0.25) is 0 Å². The second-order valence-electron chi connectivity index (χ2n) is 9.40. The Labute approximate surface area is 175 Å². The van der Waals surface area contributed by atoms with Crippen LogP contribution in [-0.4, -0.2) is 19.6 Å². The zero-order valence-corrected chi connectivity index (χ0v) is 18.7. The van der Waals surface area contributed by atoms with Crippen molar-refractivity contribution >= 4 is 17.3 Å². The molecule has 1 heterocycles. The number of aryl methyl sites for hydroxylation is 3. The molecule has 4 nitrogen and oxygen atoms in total. The van der Waals surface area contributed by atoms with Crippen molar-refractivity contribution in [3.63, 3.8) is 0 Å². The van der Waals surface area contributed by atoms with E-state index in [1.54, 1.807) is 7.11 Å². The van der Waals surface area contributed by atoms with Gasteiger partial charge in [0.15, 0.2) is 0 Å². The summed E-state index contributed by atoms with van der Waals surface area (Å²) in [6, 6.07) is 10.8. The number of ether oxygens (including phenoxy) is 1. The first-order valence-electron chi connectivity index (χ1n) is 10.5. The molecule has 1 N–H and O–H groups in total. The molecule has 2 aromatic rings. The van der Waals surface area contributed by atoms with Crippen LogP contribution in [0.4, 0.5) is 11.4 Å². The molecule has 156 valence electrons. The molecule has 0 aromatic heterocycles. The number of amides is 1. The van der Waals surface area contributed by atoms with Crippen LogP contribution >= 0.6 is 0 Å². The van der Waals surface area contributed by atoms with Crippen molar-refractivity contribution in [2.24, 2.45) is 5.41 Å². The minimum absolute atomic E-state index is 0.0199. The van der Waals surface area contributed by atoms with Gasteiger partial charge in [-0.1, -0.05) is 26.8 Å². The third-order valence-corrected chi connectivity index (χ3v) is 5.49. The molecule has 3 rings (SSSR count). The molecule has 0 fully saturated rings. The van der Waals surface area contributed by atoms with Gasteiger partial charge in [0.2, 0.25) is 5.91 Å². The van der Waals surface area contributed by atoms with E-state index in [1.807, 2.05) is 6.07 Å². The van der Waals surface area contributed by atoms with Gasteiger partial charge in [0.05, 0.1) is 7.11 Å². The van der Waals surface area contributed by atoms with E-state index in [2.05, 4.69) is 69.1 Å². The third-order valence-electron chi connectivity index (χ3n) is 5.49. The lowest BCUT2D eigenvalue weighted by atomic mass is 9.92. The van der Waals surface area contributed by atoms with Crippen LogP contribution in [0.25, 0.3) is 0 Å². The van der Waals surface area contributed by atoms with Gasteiger partial charge >= 0.3 is 0 Å². The molecule has 4 heteroatoms. The molecule has 1 aliphatic heterocycles. The second-order valence-corrected chi connectivity index (χ2v) is 9.40. The highest BCUT2D eigenvalue weighted by molar-refractivity contribution is 5.93. The fourth-order valence-corrected chi connectivity index (χ4v) is 4.07. The molecule has 0 spiro atoms. The zero-order valence-electron chi connectivity index (χ0n) is 18.7. The number of benzene rings is 2. The number of carbonyl (C=O) groups is 1. The highest BCUT2D eigenvalue weighted by Gasteiger charge is 2.20. The van der Waals surface area contributed by atoms with Gasteiger partial charge in [-0.3, -0.25) is 4.79 Å². The molecular formula is C25H34N2O2. The van der Waals surface area contributed by atoms with Crippen LogP contribution in [0.15, 0.2) is 30.3 Å². The Morgan fingerprint density at radius 2 is 1.79 bits per heavy atom. The van der Waals surface area contributed by atoms with Crippen molar-refractivity contribution in [2.45, 2.75) is 60.4 Å². The summed E-state index contributed by atoms with van der Waals surface area (Å²) in [5, 5.41) is 3.13. The Hall–Kier alpha value is -2.49. The first kappa shape index (κ1) is 21.2. The van der Waals surface area contributed by atoms with Crippen molar-refractivity contribution < 1.29 is 9.53 Å². The Morgan fingerprint density at radius 1 is 1.10 bits per heavy atom. The van der Waals surface area contributed by atoms with E-state index in [-0.39, 0.29) is 11.3 Å². The van der Waals surface area contributed by atoms with Crippen LogP contribution in [0.5, 0.6) is 5.75 Å². The second kappa shape index (κ2) is 8.48. The molecule has 0 aliphatic carbocycles. The lowest BCUT2D eigenvalue weighted by Gasteiger charge is -2.26. The number of hydrogen-bond donors (Lipinski definition) is 1. The Kier molecular flexibility index (Phi) is 6.21. The number of fused-ring (bicyclic) bond motifs is 1. The van der Waals surface area contributed by atoms with Crippen molar-refractivity contribution in [1.82, 2.24) is 0 Å². The standard InChI is InChI=1S/C25H34N2O2/c1-17-12-21(13-18(2)24(17)26-23(28)15-25(3,4)5)27-11-7-8-19-14-22(29-6)10-9-20(19)16-27/h9-10,12-14H,7-8,11,15-16H2,1-6H3,(H,26,28). The molecular weight excluding hydrogens is 360 g/mol. The predicted molar refractivity (Wildman–Crippen MR) is 121 cm³/mol. The van der Waals surface area contributed by atoms with Crippen molar-refractivity contribution in [1.29, 1.82) is 0 Å². The average molecular weight is 395 g/mol. The van der Waals surface area contributed by atoms with Crippen LogP contribution in [-0.2, 0) is 17.8 Å². The van der Waals surface area contributed by atoms with E-state index in [0.29, 0.717) is 6.42 Å². The molecule has 0 unspecified atom stereocenters. The number of anilines is 2. The van der Waals surface area contributed by atoms with Gasteiger partial charge in [0.1, 0.15) is 5.75 Å². The third kappa shape index (κ3) is 5.31. The lowest BCUT2D eigenvalue weighted by Crippen LogP contribution is -2.23. The molecule has 1 aliphatic rings. The van der Waals surface area contributed by atoms with Crippen molar-refractivity contribution in [2.75, 3.05) is 23.9 Å². The summed E-state index contributed by atoms with van der Waals surface area (Å²) in [7, 11) is 1.72. The van der Waals surface area contributed by atoms with Crippen molar-refractivity contribution in [3.05, 3.63) is 52.6 Å². The van der Waals surface area contributed by atoms with Crippen LogP contribution in [0.1, 0.15) is 55.9 Å².